The molecule has 4 fully saturated rings. The van der Waals surface area contributed by atoms with Crippen LogP contribution in [0, 0.1) is 45.3 Å². The molecule has 0 radical (unpaired) electrons. The Balaban J connectivity index is 0.00000113. The third-order valence-electron chi connectivity index (χ3n) is 14.5. The van der Waals surface area contributed by atoms with Gasteiger partial charge < -0.3 is 38.3 Å². The normalized spacial score (nSPS) is 38.5. The summed E-state index contributed by atoms with van der Waals surface area (Å²) in [6, 6.07) is 9.44. The van der Waals surface area contributed by atoms with Crippen molar-refractivity contribution in [3.8, 4) is 0 Å². The zero-order valence-electron chi connectivity index (χ0n) is 34.5. The molecule has 5 aliphatic rings. The van der Waals surface area contributed by atoms with Crippen molar-refractivity contribution in [2.45, 2.75) is 118 Å². The lowest BCUT2D eigenvalue weighted by molar-refractivity contribution is -0.322. The topological polar surface area (TPSA) is 170 Å². The van der Waals surface area contributed by atoms with Crippen LogP contribution in [0.25, 0.3) is 0 Å². The summed E-state index contributed by atoms with van der Waals surface area (Å²) in [6.45, 7) is 14.9. The maximum Gasteiger partial charge on any atom is 0.508 e. The Labute approximate surface area is 330 Å². The molecule has 1 heterocycles. The fraction of sp³-hybridized carbons (Fsp3) is 0.698. The average molecular weight is 785 g/mol. The summed E-state index contributed by atoms with van der Waals surface area (Å²) in [5.74, 6) is -2.80. The van der Waals surface area contributed by atoms with Gasteiger partial charge in [-0.3, -0.25) is 14.4 Å². The molecule has 1 N–H and O–H groups in total. The fourth-order valence-corrected chi connectivity index (χ4v) is 12.0. The maximum absolute atomic E-state index is 13.5. The molecule has 310 valence electrons. The molecular formula is C43H60O13. The van der Waals surface area contributed by atoms with Crippen molar-refractivity contribution in [2.75, 3.05) is 27.4 Å². The summed E-state index contributed by atoms with van der Waals surface area (Å²) in [5, 5.41) is 13.3. The van der Waals surface area contributed by atoms with Crippen molar-refractivity contribution in [2.24, 2.45) is 45.3 Å². The van der Waals surface area contributed by atoms with Crippen LogP contribution in [-0.4, -0.2) is 86.5 Å². The van der Waals surface area contributed by atoms with E-state index in [0.29, 0.717) is 45.3 Å². The van der Waals surface area contributed by atoms with E-state index in [1.54, 1.807) is 13.0 Å². The van der Waals surface area contributed by atoms with Gasteiger partial charge in [0, 0.05) is 37.2 Å². The highest BCUT2D eigenvalue weighted by Gasteiger charge is 2.79. The highest BCUT2D eigenvalue weighted by atomic mass is 16.7. The average Bonchev–Trinajstić information content (AvgIpc) is 3.60. The largest absolute Gasteiger partial charge is 0.508 e. The molecule has 56 heavy (non-hydrogen) atoms. The van der Waals surface area contributed by atoms with Gasteiger partial charge in [-0.2, -0.15) is 0 Å². The molecule has 1 aromatic carbocycles. The van der Waals surface area contributed by atoms with Crippen molar-refractivity contribution in [1.29, 1.82) is 0 Å². The summed E-state index contributed by atoms with van der Waals surface area (Å²) in [7, 11) is 2.64. The summed E-state index contributed by atoms with van der Waals surface area (Å²) < 4.78 is 39.6. The van der Waals surface area contributed by atoms with Crippen molar-refractivity contribution >= 4 is 30.0 Å². The van der Waals surface area contributed by atoms with E-state index in [2.05, 4.69) is 18.6 Å². The molecule has 3 saturated carbocycles. The quantitative estimate of drug-likeness (QED) is 0.248. The second-order valence-corrected chi connectivity index (χ2v) is 17.3. The monoisotopic (exact) mass is 784 g/mol. The second kappa shape index (κ2) is 16.1. The van der Waals surface area contributed by atoms with Gasteiger partial charge in [0.1, 0.15) is 18.8 Å². The van der Waals surface area contributed by atoms with Crippen molar-refractivity contribution in [3.63, 3.8) is 0 Å². The highest BCUT2D eigenvalue weighted by Crippen LogP contribution is 2.75. The number of aliphatic hydroxyl groups is 1. The predicted octanol–water partition coefficient (Wildman–Crippen LogP) is 6.13. The number of fused-ring (bicyclic) bond motifs is 7. The van der Waals surface area contributed by atoms with Gasteiger partial charge in [-0.25, -0.2) is 9.59 Å². The summed E-state index contributed by atoms with van der Waals surface area (Å²) >= 11 is 0. The van der Waals surface area contributed by atoms with Crippen LogP contribution in [0.2, 0.25) is 0 Å². The minimum atomic E-state index is -1.52. The van der Waals surface area contributed by atoms with E-state index in [9.17, 15) is 29.1 Å². The Hall–Kier alpha value is -3.97. The minimum Gasteiger partial charge on any atom is -0.469 e. The van der Waals surface area contributed by atoms with Gasteiger partial charge in [0.15, 0.2) is 6.10 Å². The van der Waals surface area contributed by atoms with E-state index in [-0.39, 0.29) is 35.9 Å². The van der Waals surface area contributed by atoms with Gasteiger partial charge in [-0.1, -0.05) is 57.2 Å². The molecule has 0 spiro atoms. The molecule has 1 saturated heterocycles. The van der Waals surface area contributed by atoms with Crippen molar-refractivity contribution in [3.05, 3.63) is 47.5 Å². The summed E-state index contributed by atoms with van der Waals surface area (Å²) in [5.41, 5.74) is -3.66. The fourth-order valence-electron chi connectivity index (χ4n) is 12.0. The van der Waals surface area contributed by atoms with Crippen LogP contribution in [0.15, 0.2) is 42.0 Å². The lowest BCUT2D eigenvalue weighted by atomic mass is 9.33. The number of allylic oxidation sites excluding steroid dienone is 1. The first-order valence-electron chi connectivity index (χ1n) is 19.6. The zero-order chi connectivity index (χ0) is 41.4. The van der Waals surface area contributed by atoms with Gasteiger partial charge in [0.2, 0.25) is 0 Å². The number of esters is 4. The number of methoxy groups -OCH3 is 2. The van der Waals surface area contributed by atoms with Crippen molar-refractivity contribution < 1.29 is 62.2 Å². The Bertz CT molecular complexity index is 1690. The summed E-state index contributed by atoms with van der Waals surface area (Å²) in [4.78, 5) is 62.0. The van der Waals surface area contributed by atoms with Crippen LogP contribution in [0.3, 0.4) is 0 Å². The van der Waals surface area contributed by atoms with E-state index < -0.39 is 75.6 Å². The van der Waals surface area contributed by atoms with Crippen LogP contribution in [0.1, 0.15) is 93.1 Å². The first-order valence-corrected chi connectivity index (χ1v) is 19.6. The molecule has 1 aromatic rings. The van der Waals surface area contributed by atoms with Gasteiger partial charge >= 0.3 is 30.0 Å². The molecule has 1 aliphatic heterocycles. The van der Waals surface area contributed by atoms with E-state index in [4.69, 9.17) is 28.4 Å². The molecular weight excluding hydrogens is 724 g/mol. The Morgan fingerprint density at radius 3 is 2.05 bits per heavy atom. The van der Waals surface area contributed by atoms with Gasteiger partial charge in [-0.05, 0) is 80.6 Å². The minimum absolute atomic E-state index is 0.0395. The lowest BCUT2D eigenvalue weighted by Crippen LogP contribution is -2.78. The number of benzene rings is 1. The highest BCUT2D eigenvalue weighted by molar-refractivity contribution is 5.91. The van der Waals surface area contributed by atoms with Crippen LogP contribution >= 0.6 is 0 Å². The first-order chi connectivity index (χ1) is 26.3. The van der Waals surface area contributed by atoms with E-state index in [0.717, 1.165) is 5.56 Å². The van der Waals surface area contributed by atoms with Crippen LogP contribution in [0.4, 0.5) is 4.79 Å². The SMILES string of the molecule is COC(=O)C1=CC(C)C[C@@]2(O)C3CC[C@]4(C)C(CC[C@@]5(C(C)OC(=O)OCc6ccccc6)COC[C@H]54)[C@@]3(C)[C@H](OC(C)=O)[C@H](OC(C)=O)[C@@]12C.COC(C)=O. The number of ether oxygens (including phenoxy) is 7. The van der Waals surface area contributed by atoms with Crippen LogP contribution in [0.5, 0.6) is 0 Å². The van der Waals surface area contributed by atoms with Crippen molar-refractivity contribution in [1.82, 2.24) is 0 Å². The van der Waals surface area contributed by atoms with Crippen LogP contribution < -0.4 is 0 Å². The van der Waals surface area contributed by atoms with Gasteiger partial charge in [0.05, 0.1) is 38.4 Å². The molecule has 4 unspecified atom stereocenters. The first kappa shape index (κ1) is 43.2. The number of hydrogen-bond donors (Lipinski definition) is 1. The van der Waals surface area contributed by atoms with Gasteiger partial charge in [0.25, 0.3) is 0 Å². The molecule has 13 nitrogen and oxygen atoms in total. The zero-order valence-corrected chi connectivity index (χ0v) is 34.5. The third-order valence-corrected chi connectivity index (χ3v) is 14.5. The number of carbonyl (C=O) groups excluding carboxylic acids is 5. The molecule has 13 heteroatoms. The number of hydrogen-bond acceptors (Lipinski definition) is 13. The summed E-state index contributed by atoms with van der Waals surface area (Å²) in [6.07, 6.45) is 1.29. The predicted molar refractivity (Wildman–Crippen MR) is 201 cm³/mol. The number of carbonyl (C=O) groups is 5. The Morgan fingerprint density at radius 2 is 1.46 bits per heavy atom. The molecule has 4 aliphatic carbocycles. The third kappa shape index (κ3) is 7.11. The molecule has 6 rings (SSSR count). The van der Waals surface area contributed by atoms with E-state index in [1.165, 1.54) is 35.0 Å². The molecule has 0 aromatic heterocycles. The Kier molecular flexibility index (Phi) is 12.4. The molecule has 12 atom stereocenters. The molecule has 0 bridgehead atoms. The van der Waals surface area contributed by atoms with Crippen LogP contribution in [-0.2, 0) is 58.9 Å². The number of rotatable bonds is 7. The van der Waals surface area contributed by atoms with E-state index in [1.807, 2.05) is 44.2 Å². The van der Waals surface area contributed by atoms with Gasteiger partial charge in [-0.15, -0.1) is 0 Å². The molecule has 0 amide bonds. The standard InChI is InChI=1S/C40H54O11.C3H6O2/c1-23-18-28(34(43)46-8)38(7)33(51-26(4)42)32(50-25(3)41)37(6)29-15-17-39(24(2)49-35(44)48-20-27-12-10-9-11-13-27)22-47-21-31(39)36(29,5)16-14-30(37)40(38,45)19-23;1-3(4)5-2/h9-13,18,23-24,29-33,45H,14-17,19-22H2,1-8H3;1-2H3/t23?,24?,29?,30?,31-,32+,33-,36+,37+,38+,39-,40+;/m0./s1. The smallest absolute Gasteiger partial charge is 0.469 e. The second-order valence-electron chi connectivity index (χ2n) is 17.3. The Morgan fingerprint density at radius 1 is 0.857 bits per heavy atom. The maximum atomic E-state index is 13.5. The lowest BCUT2D eigenvalue weighted by Gasteiger charge is -2.73. The van der Waals surface area contributed by atoms with E-state index >= 15 is 0 Å².